The lowest BCUT2D eigenvalue weighted by molar-refractivity contribution is -0.121. The second-order valence-electron chi connectivity index (χ2n) is 6.78. The minimum Gasteiger partial charge on any atom is -0.352 e. The molecule has 0 aliphatic carbocycles. The van der Waals surface area contributed by atoms with Crippen molar-refractivity contribution in [2.45, 2.75) is 32.5 Å². The van der Waals surface area contributed by atoms with Gasteiger partial charge in [0.25, 0.3) is 5.91 Å². The first-order chi connectivity index (χ1) is 12.4. The molecule has 2 aromatic rings. The van der Waals surface area contributed by atoms with Crippen LogP contribution in [0.1, 0.15) is 34.8 Å². The van der Waals surface area contributed by atoms with Gasteiger partial charge in [0.15, 0.2) is 0 Å². The normalized spacial score (nSPS) is 11.8. The Bertz CT molecular complexity index is 712. The van der Waals surface area contributed by atoms with Crippen LogP contribution >= 0.6 is 0 Å². The molecular weight excluding hydrogens is 326 g/mol. The van der Waals surface area contributed by atoms with E-state index in [1.54, 1.807) is 12.1 Å². The zero-order valence-corrected chi connectivity index (χ0v) is 15.7. The van der Waals surface area contributed by atoms with Crippen molar-refractivity contribution in [3.05, 3.63) is 71.3 Å². The molecule has 0 aliphatic rings. The topological polar surface area (TPSA) is 61.4 Å². The predicted octanol–water partition coefficient (Wildman–Crippen LogP) is 2.57. The van der Waals surface area contributed by atoms with Crippen LogP contribution in [-0.4, -0.2) is 36.9 Å². The van der Waals surface area contributed by atoms with E-state index >= 15 is 0 Å². The van der Waals surface area contributed by atoms with Gasteiger partial charge in [-0.05, 0) is 44.3 Å². The lowest BCUT2D eigenvalue weighted by Gasteiger charge is -2.14. The standard InChI is InChI=1S/C21H27N3O2/c1-16(23-21(26)19-7-5-4-6-8-19)13-20(25)22-14-17-9-11-18(12-10-17)15-24(2)3/h4-12,16H,13-15H2,1-3H3,(H,22,25)(H,23,26). The smallest absolute Gasteiger partial charge is 0.251 e. The third-order valence-electron chi connectivity index (χ3n) is 3.92. The van der Waals surface area contributed by atoms with Crippen LogP contribution in [0.5, 0.6) is 0 Å². The molecule has 0 heterocycles. The first-order valence-electron chi connectivity index (χ1n) is 8.79. The molecule has 2 rings (SSSR count). The van der Waals surface area contributed by atoms with Crippen LogP contribution < -0.4 is 10.6 Å². The van der Waals surface area contributed by atoms with Crippen molar-refractivity contribution in [2.24, 2.45) is 0 Å². The van der Waals surface area contributed by atoms with E-state index in [1.807, 2.05) is 51.4 Å². The molecule has 0 fully saturated rings. The number of hydrogen-bond donors (Lipinski definition) is 2. The van der Waals surface area contributed by atoms with Gasteiger partial charge in [-0.3, -0.25) is 9.59 Å². The van der Waals surface area contributed by atoms with Gasteiger partial charge in [-0.2, -0.15) is 0 Å². The van der Waals surface area contributed by atoms with Crippen LogP contribution in [0.3, 0.4) is 0 Å². The maximum Gasteiger partial charge on any atom is 0.251 e. The first-order valence-corrected chi connectivity index (χ1v) is 8.79. The molecule has 2 aromatic carbocycles. The van der Waals surface area contributed by atoms with E-state index in [4.69, 9.17) is 0 Å². The third kappa shape index (κ3) is 6.69. The van der Waals surface area contributed by atoms with Crippen molar-refractivity contribution in [1.82, 2.24) is 15.5 Å². The quantitative estimate of drug-likeness (QED) is 0.767. The van der Waals surface area contributed by atoms with Crippen LogP contribution in [0.4, 0.5) is 0 Å². The van der Waals surface area contributed by atoms with Gasteiger partial charge in [0.2, 0.25) is 5.91 Å². The van der Waals surface area contributed by atoms with Crippen molar-refractivity contribution in [3.63, 3.8) is 0 Å². The van der Waals surface area contributed by atoms with Gasteiger partial charge >= 0.3 is 0 Å². The Hall–Kier alpha value is -2.66. The zero-order valence-electron chi connectivity index (χ0n) is 15.7. The number of hydrogen-bond acceptors (Lipinski definition) is 3. The molecule has 1 unspecified atom stereocenters. The van der Waals surface area contributed by atoms with Crippen molar-refractivity contribution < 1.29 is 9.59 Å². The molecule has 138 valence electrons. The molecule has 0 radical (unpaired) electrons. The van der Waals surface area contributed by atoms with E-state index in [0.717, 1.165) is 12.1 Å². The first kappa shape index (κ1) is 19.7. The summed E-state index contributed by atoms with van der Waals surface area (Å²) in [6.07, 6.45) is 0.247. The Balaban J connectivity index is 1.75. The number of benzene rings is 2. The summed E-state index contributed by atoms with van der Waals surface area (Å²) in [5.41, 5.74) is 2.89. The SMILES string of the molecule is CC(CC(=O)NCc1ccc(CN(C)C)cc1)NC(=O)c1ccccc1. The van der Waals surface area contributed by atoms with Gasteiger partial charge in [0.1, 0.15) is 0 Å². The molecule has 2 amide bonds. The number of nitrogens with one attached hydrogen (secondary N) is 2. The molecule has 5 heteroatoms. The van der Waals surface area contributed by atoms with Crippen molar-refractivity contribution in [3.8, 4) is 0 Å². The van der Waals surface area contributed by atoms with E-state index in [2.05, 4.69) is 27.7 Å². The lowest BCUT2D eigenvalue weighted by atomic mass is 10.1. The Morgan fingerprint density at radius 2 is 1.58 bits per heavy atom. The highest BCUT2D eigenvalue weighted by Crippen LogP contribution is 2.06. The summed E-state index contributed by atoms with van der Waals surface area (Å²) >= 11 is 0. The summed E-state index contributed by atoms with van der Waals surface area (Å²) in [6.45, 7) is 3.21. The molecule has 0 spiro atoms. The maximum atomic E-state index is 12.1. The van der Waals surface area contributed by atoms with E-state index in [-0.39, 0.29) is 24.3 Å². The molecule has 1 atom stereocenters. The summed E-state index contributed by atoms with van der Waals surface area (Å²) < 4.78 is 0. The summed E-state index contributed by atoms with van der Waals surface area (Å²) in [6, 6.07) is 17.0. The fourth-order valence-corrected chi connectivity index (χ4v) is 2.63. The minimum atomic E-state index is -0.231. The van der Waals surface area contributed by atoms with Crippen molar-refractivity contribution in [1.29, 1.82) is 0 Å². The Morgan fingerprint density at radius 3 is 2.19 bits per heavy atom. The number of carbonyl (C=O) groups excluding carboxylic acids is 2. The Kier molecular flexibility index (Phi) is 7.36. The largest absolute Gasteiger partial charge is 0.352 e. The molecular formula is C21H27N3O2. The fourth-order valence-electron chi connectivity index (χ4n) is 2.63. The van der Waals surface area contributed by atoms with E-state index in [1.165, 1.54) is 5.56 Å². The summed E-state index contributed by atoms with van der Waals surface area (Å²) in [5.74, 6) is -0.245. The Labute approximate surface area is 155 Å². The van der Waals surface area contributed by atoms with Crippen LogP contribution in [0.2, 0.25) is 0 Å². The molecule has 0 saturated heterocycles. The fraction of sp³-hybridized carbons (Fsp3) is 0.333. The van der Waals surface area contributed by atoms with E-state index in [0.29, 0.717) is 12.1 Å². The molecule has 0 saturated carbocycles. The third-order valence-corrected chi connectivity index (χ3v) is 3.92. The summed E-state index contributed by atoms with van der Waals surface area (Å²) in [5, 5.41) is 5.75. The van der Waals surface area contributed by atoms with E-state index < -0.39 is 0 Å². The predicted molar refractivity (Wildman–Crippen MR) is 104 cm³/mol. The number of carbonyl (C=O) groups is 2. The van der Waals surface area contributed by atoms with Gasteiger partial charge in [-0.1, -0.05) is 42.5 Å². The highest BCUT2D eigenvalue weighted by molar-refractivity contribution is 5.94. The maximum absolute atomic E-state index is 12.1. The van der Waals surface area contributed by atoms with Gasteiger partial charge < -0.3 is 15.5 Å². The second-order valence-corrected chi connectivity index (χ2v) is 6.78. The summed E-state index contributed by atoms with van der Waals surface area (Å²) in [4.78, 5) is 26.3. The molecule has 0 bridgehead atoms. The number of nitrogens with zero attached hydrogens (tertiary/aromatic N) is 1. The lowest BCUT2D eigenvalue weighted by Crippen LogP contribution is -2.37. The van der Waals surface area contributed by atoms with Crippen molar-refractivity contribution >= 4 is 11.8 Å². The summed E-state index contributed by atoms with van der Waals surface area (Å²) in [7, 11) is 4.07. The van der Waals surface area contributed by atoms with E-state index in [9.17, 15) is 9.59 Å². The minimum absolute atomic E-state index is 0.0803. The second kappa shape index (κ2) is 9.73. The Morgan fingerprint density at radius 1 is 0.962 bits per heavy atom. The zero-order chi connectivity index (χ0) is 18.9. The van der Waals surface area contributed by atoms with Crippen molar-refractivity contribution in [2.75, 3.05) is 14.1 Å². The average Bonchev–Trinajstić information content (AvgIpc) is 2.61. The van der Waals surface area contributed by atoms with Gasteiger partial charge in [0.05, 0.1) is 0 Å². The molecule has 2 N–H and O–H groups in total. The average molecular weight is 353 g/mol. The molecule has 5 nitrogen and oxygen atoms in total. The van der Waals surface area contributed by atoms with Crippen LogP contribution in [0.15, 0.2) is 54.6 Å². The number of amides is 2. The molecule has 0 aromatic heterocycles. The molecule has 0 aliphatic heterocycles. The monoisotopic (exact) mass is 353 g/mol. The van der Waals surface area contributed by atoms with Crippen LogP contribution in [0.25, 0.3) is 0 Å². The highest BCUT2D eigenvalue weighted by Gasteiger charge is 2.13. The number of rotatable bonds is 8. The van der Waals surface area contributed by atoms with Gasteiger partial charge in [-0.25, -0.2) is 0 Å². The highest BCUT2D eigenvalue weighted by atomic mass is 16.2. The van der Waals surface area contributed by atoms with Crippen LogP contribution in [-0.2, 0) is 17.9 Å². The van der Waals surface area contributed by atoms with Gasteiger partial charge in [-0.15, -0.1) is 0 Å². The van der Waals surface area contributed by atoms with Gasteiger partial charge in [0, 0.05) is 31.1 Å². The molecule has 26 heavy (non-hydrogen) atoms. The van der Waals surface area contributed by atoms with Crippen LogP contribution in [0, 0.1) is 0 Å².